The maximum atomic E-state index is 13.4. The Hall–Kier alpha value is -0.660. The van der Waals surface area contributed by atoms with Gasteiger partial charge in [0.25, 0.3) is 5.91 Å². The molecule has 1 rings (SSSR count). The highest BCUT2D eigenvalue weighted by Gasteiger charge is 2.21. The first kappa shape index (κ1) is 14.4. The van der Waals surface area contributed by atoms with Crippen molar-refractivity contribution in [2.24, 2.45) is 0 Å². The van der Waals surface area contributed by atoms with Crippen LogP contribution in [0.1, 0.15) is 16.6 Å². The molecule has 1 amide bonds. The van der Waals surface area contributed by atoms with Crippen molar-refractivity contribution in [3.8, 4) is 0 Å². The highest BCUT2D eigenvalue weighted by Crippen LogP contribution is 2.35. The molecule has 17 heavy (non-hydrogen) atoms. The fraction of sp³-hybridized carbons (Fsp3) is 0.333. The second-order valence-electron chi connectivity index (χ2n) is 2.82. The van der Waals surface area contributed by atoms with Crippen LogP contribution in [0.15, 0.2) is 3.79 Å². The number of rotatable bonds is 4. The zero-order chi connectivity index (χ0) is 13.0. The summed E-state index contributed by atoms with van der Waals surface area (Å²) in [7, 11) is 0. The Morgan fingerprint density at radius 2 is 2.24 bits per heavy atom. The summed E-state index contributed by atoms with van der Waals surface area (Å²) >= 11 is 9.45. The lowest BCUT2D eigenvalue weighted by molar-refractivity contribution is -0.141. The summed E-state index contributed by atoms with van der Waals surface area (Å²) in [6, 6.07) is 0. The lowest BCUT2D eigenvalue weighted by Gasteiger charge is -2.03. The molecule has 0 spiro atoms. The van der Waals surface area contributed by atoms with Crippen LogP contribution in [0, 0.1) is 5.82 Å². The number of halogens is 3. The van der Waals surface area contributed by atoms with Gasteiger partial charge in [0.2, 0.25) is 0 Å². The van der Waals surface area contributed by atoms with Gasteiger partial charge in [-0.15, -0.1) is 11.3 Å². The first-order chi connectivity index (χ1) is 7.97. The third-order valence-corrected chi connectivity index (χ3v) is 4.19. The highest BCUT2D eigenvalue weighted by molar-refractivity contribution is 9.11. The molecule has 94 valence electrons. The van der Waals surface area contributed by atoms with E-state index in [-0.39, 0.29) is 23.1 Å². The maximum Gasteiger partial charge on any atom is 0.325 e. The molecule has 0 bridgehead atoms. The molecule has 1 heterocycles. The number of amides is 1. The van der Waals surface area contributed by atoms with Gasteiger partial charge in [-0.2, -0.15) is 0 Å². The van der Waals surface area contributed by atoms with Crippen LogP contribution in [0.5, 0.6) is 0 Å². The lowest BCUT2D eigenvalue weighted by Crippen LogP contribution is -2.30. The molecule has 0 aromatic carbocycles. The second kappa shape index (κ2) is 6.32. The van der Waals surface area contributed by atoms with E-state index in [4.69, 9.17) is 11.6 Å². The Kier molecular flexibility index (Phi) is 5.35. The normalized spacial score (nSPS) is 10.1. The van der Waals surface area contributed by atoms with E-state index in [1.54, 1.807) is 6.92 Å². The third kappa shape index (κ3) is 3.65. The molecule has 0 aliphatic rings. The van der Waals surface area contributed by atoms with Gasteiger partial charge in [-0.25, -0.2) is 4.39 Å². The summed E-state index contributed by atoms with van der Waals surface area (Å²) in [4.78, 5) is 22.3. The minimum Gasteiger partial charge on any atom is -0.465 e. The monoisotopic (exact) mass is 343 g/mol. The van der Waals surface area contributed by atoms with Gasteiger partial charge in [-0.1, -0.05) is 11.6 Å². The highest BCUT2D eigenvalue weighted by atomic mass is 79.9. The molecule has 0 aliphatic heterocycles. The number of hydrogen-bond acceptors (Lipinski definition) is 4. The fourth-order valence-electron chi connectivity index (χ4n) is 0.956. The molecule has 1 N–H and O–H groups in total. The van der Waals surface area contributed by atoms with Crippen molar-refractivity contribution in [2.75, 3.05) is 13.2 Å². The van der Waals surface area contributed by atoms with Gasteiger partial charge in [0.15, 0.2) is 5.82 Å². The smallest absolute Gasteiger partial charge is 0.325 e. The van der Waals surface area contributed by atoms with Gasteiger partial charge in [0, 0.05) is 0 Å². The number of esters is 1. The first-order valence-corrected chi connectivity index (χ1v) is 6.53. The quantitative estimate of drug-likeness (QED) is 0.854. The largest absolute Gasteiger partial charge is 0.465 e. The number of thiophene rings is 1. The Bertz CT molecular complexity index is 452. The zero-order valence-corrected chi connectivity index (χ0v) is 11.8. The molecule has 0 unspecified atom stereocenters. The van der Waals surface area contributed by atoms with E-state index in [0.717, 1.165) is 11.3 Å². The van der Waals surface area contributed by atoms with Gasteiger partial charge in [0.1, 0.15) is 16.4 Å². The average Bonchev–Trinajstić information content (AvgIpc) is 2.54. The Morgan fingerprint density at radius 3 is 2.71 bits per heavy atom. The van der Waals surface area contributed by atoms with E-state index in [2.05, 4.69) is 26.0 Å². The van der Waals surface area contributed by atoms with Crippen LogP contribution >= 0.6 is 38.9 Å². The molecule has 0 atom stereocenters. The van der Waals surface area contributed by atoms with Crippen LogP contribution in [0.2, 0.25) is 5.02 Å². The van der Waals surface area contributed by atoms with E-state index < -0.39 is 17.7 Å². The van der Waals surface area contributed by atoms with Crippen LogP contribution < -0.4 is 5.32 Å². The molecule has 1 aromatic rings. The van der Waals surface area contributed by atoms with Crippen LogP contribution in [0.25, 0.3) is 0 Å². The van der Waals surface area contributed by atoms with Crippen molar-refractivity contribution in [1.82, 2.24) is 5.32 Å². The maximum absolute atomic E-state index is 13.4. The molecule has 0 aliphatic carbocycles. The van der Waals surface area contributed by atoms with Crippen LogP contribution in [-0.2, 0) is 9.53 Å². The summed E-state index contributed by atoms with van der Waals surface area (Å²) in [6.45, 7) is 1.56. The summed E-state index contributed by atoms with van der Waals surface area (Å²) < 4.78 is 18.4. The molecule has 0 saturated carbocycles. The van der Waals surface area contributed by atoms with Gasteiger partial charge < -0.3 is 10.1 Å². The van der Waals surface area contributed by atoms with Crippen LogP contribution in [0.4, 0.5) is 4.39 Å². The van der Waals surface area contributed by atoms with Crippen LogP contribution in [0.3, 0.4) is 0 Å². The van der Waals surface area contributed by atoms with Crippen molar-refractivity contribution >= 4 is 50.7 Å². The fourth-order valence-corrected chi connectivity index (χ4v) is 2.60. The van der Waals surface area contributed by atoms with Crippen molar-refractivity contribution in [3.63, 3.8) is 0 Å². The second-order valence-corrected chi connectivity index (χ2v) is 5.54. The van der Waals surface area contributed by atoms with Crippen molar-refractivity contribution < 1.29 is 18.7 Å². The van der Waals surface area contributed by atoms with Gasteiger partial charge >= 0.3 is 5.97 Å². The minimum atomic E-state index is -0.801. The Labute approximate surface area is 114 Å². The molecule has 0 saturated heterocycles. The van der Waals surface area contributed by atoms with E-state index in [9.17, 15) is 14.0 Å². The summed E-state index contributed by atoms with van der Waals surface area (Å²) in [5.74, 6) is -2.08. The average molecular weight is 345 g/mol. The number of nitrogens with one attached hydrogen (secondary N) is 1. The Balaban J connectivity index is 2.64. The number of ether oxygens (including phenoxy) is 1. The number of carbonyl (C=O) groups is 2. The van der Waals surface area contributed by atoms with E-state index in [0.29, 0.717) is 3.79 Å². The van der Waals surface area contributed by atoms with Crippen molar-refractivity contribution in [3.05, 3.63) is 19.5 Å². The standard InChI is InChI=1S/C9H8BrClFNO3S/c1-2-16-4(14)3-13-9(15)7-6(12)5(11)8(10)17-7/h2-3H2,1H3,(H,13,15). The minimum absolute atomic E-state index is 0.142. The summed E-state index contributed by atoms with van der Waals surface area (Å²) in [6.07, 6.45) is 0. The summed E-state index contributed by atoms with van der Waals surface area (Å²) in [5.41, 5.74) is 0. The third-order valence-electron chi connectivity index (χ3n) is 1.66. The van der Waals surface area contributed by atoms with Crippen molar-refractivity contribution in [1.29, 1.82) is 0 Å². The lowest BCUT2D eigenvalue weighted by atomic mass is 10.4. The van der Waals surface area contributed by atoms with Gasteiger partial charge in [-0.3, -0.25) is 9.59 Å². The number of carbonyl (C=O) groups excluding carboxylic acids is 2. The van der Waals surface area contributed by atoms with Gasteiger partial charge in [-0.05, 0) is 22.9 Å². The first-order valence-electron chi connectivity index (χ1n) is 4.54. The molecule has 0 radical (unpaired) electrons. The molecular weight excluding hydrogens is 337 g/mol. The predicted octanol–water partition coefficient (Wildman–Crippen LogP) is 2.60. The molecular formula is C9H8BrClFNO3S. The Morgan fingerprint density at radius 1 is 1.59 bits per heavy atom. The van der Waals surface area contributed by atoms with E-state index in [1.807, 2.05) is 0 Å². The predicted molar refractivity (Wildman–Crippen MR) is 66.0 cm³/mol. The van der Waals surface area contributed by atoms with E-state index >= 15 is 0 Å². The molecule has 1 aromatic heterocycles. The topological polar surface area (TPSA) is 55.4 Å². The summed E-state index contributed by atoms with van der Waals surface area (Å²) in [5, 5.41) is 2.10. The number of hydrogen-bond donors (Lipinski definition) is 1. The molecule has 8 heteroatoms. The SMILES string of the molecule is CCOC(=O)CNC(=O)c1sc(Br)c(Cl)c1F. The van der Waals surface area contributed by atoms with Crippen LogP contribution in [-0.4, -0.2) is 25.0 Å². The van der Waals surface area contributed by atoms with Gasteiger partial charge in [0.05, 0.1) is 10.4 Å². The van der Waals surface area contributed by atoms with E-state index in [1.165, 1.54) is 0 Å². The zero-order valence-electron chi connectivity index (χ0n) is 8.68. The molecule has 0 fully saturated rings. The van der Waals surface area contributed by atoms with Crippen molar-refractivity contribution in [2.45, 2.75) is 6.92 Å². The molecule has 4 nitrogen and oxygen atoms in total.